The maximum absolute atomic E-state index is 12.1. The maximum Gasteiger partial charge on any atom is 0.238 e. The number of rotatable bonds is 6. The van der Waals surface area contributed by atoms with Gasteiger partial charge in [-0.15, -0.1) is 0 Å². The van der Waals surface area contributed by atoms with Crippen molar-refractivity contribution in [1.82, 2.24) is 9.80 Å². The molecule has 0 spiro atoms. The highest BCUT2D eigenvalue weighted by molar-refractivity contribution is 7.90. The summed E-state index contributed by atoms with van der Waals surface area (Å²) in [7, 11) is -2.93. The largest absolute Gasteiger partial charge is 0.324 e. The first-order valence-electron chi connectivity index (χ1n) is 7.50. The Morgan fingerprint density at radius 3 is 2.39 bits per heavy atom. The summed E-state index contributed by atoms with van der Waals surface area (Å²) in [4.78, 5) is 16.2. The predicted octanol–water partition coefficient (Wildman–Crippen LogP) is 0.941. The molecule has 128 valence electrons. The number of benzene rings is 1. The lowest BCUT2D eigenvalue weighted by molar-refractivity contribution is -0.117. The fourth-order valence-electron chi connectivity index (χ4n) is 2.42. The van der Waals surface area contributed by atoms with Gasteiger partial charge in [0.25, 0.3) is 0 Å². The van der Waals surface area contributed by atoms with Gasteiger partial charge < -0.3 is 5.32 Å². The monoisotopic (exact) mass is 359 g/mol. The highest BCUT2D eigenvalue weighted by atomic mass is 35.5. The number of halogens is 1. The Balaban J connectivity index is 1.74. The first kappa shape index (κ1) is 18.2. The van der Waals surface area contributed by atoms with Crippen molar-refractivity contribution in [2.24, 2.45) is 0 Å². The van der Waals surface area contributed by atoms with Gasteiger partial charge in [0.15, 0.2) is 0 Å². The molecule has 1 amide bonds. The van der Waals surface area contributed by atoms with Crippen LogP contribution < -0.4 is 5.32 Å². The Kier molecular flexibility index (Phi) is 6.41. The van der Waals surface area contributed by atoms with Crippen LogP contribution in [-0.2, 0) is 14.6 Å². The van der Waals surface area contributed by atoms with Crippen molar-refractivity contribution in [3.63, 3.8) is 0 Å². The molecule has 1 aromatic rings. The van der Waals surface area contributed by atoms with Crippen LogP contribution in [0.4, 0.5) is 5.69 Å². The van der Waals surface area contributed by atoms with Gasteiger partial charge in [0.2, 0.25) is 5.91 Å². The van der Waals surface area contributed by atoms with Gasteiger partial charge in [-0.1, -0.05) is 23.7 Å². The second kappa shape index (κ2) is 8.10. The van der Waals surface area contributed by atoms with Crippen molar-refractivity contribution in [3.8, 4) is 0 Å². The Hall–Kier alpha value is -1.15. The number of sulfone groups is 1. The zero-order chi connectivity index (χ0) is 16.9. The fourth-order valence-corrected chi connectivity index (χ4v) is 3.19. The smallest absolute Gasteiger partial charge is 0.238 e. The molecule has 8 heteroatoms. The van der Waals surface area contributed by atoms with Crippen LogP contribution in [-0.4, -0.2) is 75.4 Å². The molecule has 0 atom stereocenters. The number of nitrogens with one attached hydrogen (secondary N) is 1. The van der Waals surface area contributed by atoms with E-state index in [1.165, 1.54) is 6.26 Å². The molecule has 1 N–H and O–H groups in total. The van der Waals surface area contributed by atoms with Crippen LogP contribution in [0.15, 0.2) is 24.3 Å². The minimum atomic E-state index is -2.93. The Morgan fingerprint density at radius 1 is 1.17 bits per heavy atom. The number of nitrogens with zero attached hydrogens (tertiary/aromatic N) is 2. The fraction of sp³-hybridized carbons (Fsp3) is 0.533. The summed E-state index contributed by atoms with van der Waals surface area (Å²) in [5, 5.41) is 3.33. The topological polar surface area (TPSA) is 69.7 Å². The molecule has 0 radical (unpaired) electrons. The lowest BCUT2D eigenvalue weighted by Crippen LogP contribution is -2.49. The van der Waals surface area contributed by atoms with Crippen LogP contribution >= 0.6 is 11.6 Å². The molecule has 6 nitrogen and oxygen atoms in total. The Bertz CT molecular complexity index is 643. The molecule has 1 saturated heterocycles. The number of carbonyl (C=O) groups is 1. The number of anilines is 1. The van der Waals surface area contributed by atoms with Crippen LogP contribution in [0.2, 0.25) is 5.02 Å². The van der Waals surface area contributed by atoms with Gasteiger partial charge in [-0.25, -0.2) is 8.42 Å². The normalized spacial score (nSPS) is 17.1. The second-order valence-electron chi connectivity index (χ2n) is 5.78. The Labute approximate surface area is 142 Å². The number of para-hydroxylation sites is 1. The number of piperazine rings is 1. The first-order valence-corrected chi connectivity index (χ1v) is 9.94. The van der Waals surface area contributed by atoms with E-state index < -0.39 is 9.84 Å². The van der Waals surface area contributed by atoms with E-state index >= 15 is 0 Å². The van der Waals surface area contributed by atoms with Crippen molar-refractivity contribution >= 4 is 33.0 Å². The van der Waals surface area contributed by atoms with Crippen molar-refractivity contribution in [2.75, 3.05) is 56.6 Å². The number of hydrogen-bond donors (Lipinski definition) is 1. The third kappa shape index (κ3) is 6.47. The third-order valence-corrected chi connectivity index (χ3v) is 5.01. The molecular weight excluding hydrogens is 338 g/mol. The molecular formula is C15H22ClN3O3S. The molecule has 0 bridgehead atoms. The van der Waals surface area contributed by atoms with Gasteiger partial charge in [0, 0.05) is 39.0 Å². The molecule has 1 fully saturated rings. The molecule has 1 aromatic carbocycles. The van der Waals surface area contributed by atoms with Gasteiger partial charge in [-0.3, -0.25) is 14.6 Å². The highest BCUT2D eigenvalue weighted by Gasteiger charge is 2.20. The molecule has 1 aliphatic heterocycles. The second-order valence-corrected chi connectivity index (χ2v) is 8.44. The molecule has 23 heavy (non-hydrogen) atoms. The summed E-state index contributed by atoms with van der Waals surface area (Å²) in [5.74, 6) is 0.0858. The summed E-state index contributed by atoms with van der Waals surface area (Å²) < 4.78 is 22.4. The van der Waals surface area contributed by atoms with Crippen molar-refractivity contribution in [2.45, 2.75) is 0 Å². The van der Waals surface area contributed by atoms with Gasteiger partial charge in [0.05, 0.1) is 23.0 Å². The van der Waals surface area contributed by atoms with Crippen molar-refractivity contribution in [3.05, 3.63) is 29.3 Å². The third-order valence-electron chi connectivity index (χ3n) is 3.76. The molecule has 0 aromatic heterocycles. The average Bonchev–Trinajstić information content (AvgIpc) is 2.48. The molecule has 0 saturated carbocycles. The molecule has 1 heterocycles. The lowest BCUT2D eigenvalue weighted by atomic mass is 10.3. The SMILES string of the molecule is CS(=O)(=O)CCN1CCN(CC(=O)Nc2ccccc2Cl)CC1. The van der Waals surface area contributed by atoms with Gasteiger partial charge in [-0.2, -0.15) is 0 Å². The first-order chi connectivity index (χ1) is 10.8. The lowest BCUT2D eigenvalue weighted by Gasteiger charge is -2.34. The number of hydrogen-bond acceptors (Lipinski definition) is 5. The molecule has 0 unspecified atom stereocenters. The van der Waals surface area contributed by atoms with E-state index in [4.69, 9.17) is 11.6 Å². The summed E-state index contributed by atoms with van der Waals surface area (Å²) in [5.41, 5.74) is 0.617. The minimum Gasteiger partial charge on any atom is -0.324 e. The van der Waals surface area contributed by atoms with E-state index in [0.717, 1.165) is 26.2 Å². The maximum atomic E-state index is 12.1. The standard InChI is InChI=1S/C15H22ClN3O3S/c1-23(21,22)11-10-18-6-8-19(9-7-18)12-15(20)17-14-5-3-2-4-13(14)16/h2-5H,6-12H2,1H3,(H,17,20). The minimum absolute atomic E-state index is 0.0947. The van der Waals surface area contributed by atoms with Crippen LogP contribution in [0.25, 0.3) is 0 Å². The van der Waals surface area contributed by atoms with E-state index in [1.54, 1.807) is 12.1 Å². The van der Waals surface area contributed by atoms with Gasteiger partial charge in [-0.05, 0) is 12.1 Å². The zero-order valence-electron chi connectivity index (χ0n) is 13.2. The highest BCUT2D eigenvalue weighted by Crippen LogP contribution is 2.20. The average molecular weight is 360 g/mol. The number of carbonyl (C=O) groups excluding carboxylic acids is 1. The number of amides is 1. The quantitative estimate of drug-likeness (QED) is 0.818. The van der Waals surface area contributed by atoms with Crippen molar-refractivity contribution in [1.29, 1.82) is 0 Å². The zero-order valence-corrected chi connectivity index (χ0v) is 14.7. The van der Waals surface area contributed by atoms with E-state index in [1.807, 2.05) is 12.1 Å². The summed E-state index contributed by atoms with van der Waals surface area (Å²) in [6, 6.07) is 7.14. The van der Waals surface area contributed by atoms with E-state index in [0.29, 0.717) is 23.8 Å². The molecule has 0 aliphatic carbocycles. The molecule has 1 aliphatic rings. The van der Waals surface area contributed by atoms with E-state index in [-0.39, 0.29) is 11.7 Å². The van der Waals surface area contributed by atoms with Crippen LogP contribution in [0.3, 0.4) is 0 Å². The predicted molar refractivity (Wildman–Crippen MR) is 92.7 cm³/mol. The molecule has 2 rings (SSSR count). The van der Waals surface area contributed by atoms with Crippen LogP contribution in [0.5, 0.6) is 0 Å². The summed E-state index contributed by atoms with van der Waals surface area (Å²) in [6.45, 7) is 3.91. The van der Waals surface area contributed by atoms with E-state index in [9.17, 15) is 13.2 Å². The van der Waals surface area contributed by atoms with Crippen molar-refractivity contribution < 1.29 is 13.2 Å². The summed E-state index contributed by atoms with van der Waals surface area (Å²) in [6.07, 6.45) is 1.25. The van der Waals surface area contributed by atoms with Crippen LogP contribution in [0.1, 0.15) is 0 Å². The van der Waals surface area contributed by atoms with E-state index in [2.05, 4.69) is 15.1 Å². The summed E-state index contributed by atoms with van der Waals surface area (Å²) >= 11 is 6.02. The van der Waals surface area contributed by atoms with Gasteiger partial charge >= 0.3 is 0 Å². The van der Waals surface area contributed by atoms with Crippen LogP contribution in [0, 0.1) is 0 Å². The Morgan fingerprint density at radius 2 is 1.78 bits per heavy atom. The van der Waals surface area contributed by atoms with Gasteiger partial charge in [0.1, 0.15) is 9.84 Å².